The number of hydrogen-bond acceptors (Lipinski definition) is 4. The smallest absolute Gasteiger partial charge is 0.350 e. The first kappa shape index (κ1) is 15.1. The van der Waals surface area contributed by atoms with Crippen LogP contribution < -0.4 is 11.0 Å². The van der Waals surface area contributed by atoms with Gasteiger partial charge in [-0.05, 0) is 6.07 Å². The number of benzene rings is 2. The zero-order valence-corrected chi connectivity index (χ0v) is 13.1. The van der Waals surface area contributed by atoms with Crippen molar-refractivity contribution in [3.05, 3.63) is 82.5 Å². The highest BCUT2D eigenvalue weighted by molar-refractivity contribution is 5.65. The third-order valence-electron chi connectivity index (χ3n) is 3.87. The van der Waals surface area contributed by atoms with Gasteiger partial charge in [0.25, 0.3) is 0 Å². The Morgan fingerprint density at radius 1 is 1.08 bits per heavy atom. The van der Waals surface area contributed by atoms with Gasteiger partial charge in [-0.15, -0.1) is 0 Å². The highest BCUT2D eigenvalue weighted by Gasteiger charge is 2.12. The number of nitrogens with zero attached hydrogens (tertiary/aromatic N) is 3. The Morgan fingerprint density at radius 3 is 2.64 bits per heavy atom. The van der Waals surface area contributed by atoms with Gasteiger partial charge in [0, 0.05) is 23.7 Å². The van der Waals surface area contributed by atoms with Gasteiger partial charge in [0.1, 0.15) is 5.82 Å². The van der Waals surface area contributed by atoms with Crippen molar-refractivity contribution in [3.63, 3.8) is 0 Å². The zero-order chi connectivity index (χ0) is 17.2. The molecule has 2 N–H and O–H groups in total. The van der Waals surface area contributed by atoms with E-state index in [1.165, 1.54) is 10.5 Å². The molecule has 0 atom stereocenters. The lowest BCUT2D eigenvalue weighted by molar-refractivity contribution is 0.612. The predicted molar refractivity (Wildman–Crippen MR) is 92.8 cm³/mol. The summed E-state index contributed by atoms with van der Waals surface area (Å²) in [6.45, 7) is 0.199. The maximum atomic E-state index is 13.8. The van der Waals surface area contributed by atoms with Crippen molar-refractivity contribution in [1.29, 1.82) is 0 Å². The van der Waals surface area contributed by atoms with Crippen LogP contribution in [0.3, 0.4) is 0 Å². The van der Waals surface area contributed by atoms with Gasteiger partial charge in [0.15, 0.2) is 5.65 Å². The van der Waals surface area contributed by atoms with E-state index in [0.717, 1.165) is 5.56 Å². The Kier molecular flexibility index (Phi) is 3.74. The van der Waals surface area contributed by atoms with Gasteiger partial charge in [0.05, 0.1) is 5.69 Å². The topological polar surface area (TPSA) is 75.1 Å². The van der Waals surface area contributed by atoms with Gasteiger partial charge in [-0.3, -0.25) is 0 Å². The summed E-state index contributed by atoms with van der Waals surface area (Å²) in [6.07, 6.45) is 0. The van der Waals surface area contributed by atoms with Crippen LogP contribution in [-0.4, -0.2) is 19.6 Å². The van der Waals surface area contributed by atoms with Gasteiger partial charge >= 0.3 is 5.69 Å². The Morgan fingerprint density at radius 2 is 1.84 bits per heavy atom. The van der Waals surface area contributed by atoms with E-state index in [0.29, 0.717) is 22.9 Å². The Bertz CT molecular complexity index is 1090. The third kappa shape index (κ3) is 2.87. The second-order valence-corrected chi connectivity index (χ2v) is 5.50. The number of hydrogen-bond donors (Lipinski definition) is 2. The first-order chi connectivity index (χ1) is 12.2. The van der Waals surface area contributed by atoms with E-state index < -0.39 is 5.69 Å². The molecule has 0 unspecified atom stereocenters. The largest absolute Gasteiger partial charge is 0.351 e. The summed E-state index contributed by atoms with van der Waals surface area (Å²) in [7, 11) is 0. The van der Waals surface area contributed by atoms with Crippen molar-refractivity contribution in [2.75, 3.05) is 5.32 Å². The quantitative estimate of drug-likeness (QED) is 0.601. The third-order valence-corrected chi connectivity index (χ3v) is 3.87. The van der Waals surface area contributed by atoms with Crippen molar-refractivity contribution in [1.82, 2.24) is 19.6 Å². The van der Waals surface area contributed by atoms with Gasteiger partial charge in [0.2, 0.25) is 5.95 Å². The molecule has 4 rings (SSSR count). The molecule has 0 fully saturated rings. The average molecular weight is 335 g/mol. The van der Waals surface area contributed by atoms with E-state index in [-0.39, 0.29) is 12.4 Å². The molecule has 124 valence electrons. The standard InChI is InChI=1S/C18H14FN5O/c19-14-9-5-4-8-13(14)11-20-17-21-15(12-6-2-1-3-7-12)10-16-22-23-18(25)24(16)17/h1-10H,11H2,(H,20,21)(H,23,25). The molecule has 0 saturated heterocycles. The zero-order valence-electron chi connectivity index (χ0n) is 13.1. The van der Waals surface area contributed by atoms with Crippen LogP contribution in [0.15, 0.2) is 65.5 Å². The van der Waals surface area contributed by atoms with E-state index in [4.69, 9.17) is 0 Å². The fourth-order valence-electron chi connectivity index (χ4n) is 2.62. The van der Waals surface area contributed by atoms with Gasteiger partial charge < -0.3 is 5.32 Å². The number of nitrogens with one attached hydrogen (secondary N) is 2. The van der Waals surface area contributed by atoms with E-state index in [1.54, 1.807) is 24.3 Å². The van der Waals surface area contributed by atoms with E-state index in [2.05, 4.69) is 20.5 Å². The summed E-state index contributed by atoms with van der Waals surface area (Å²) in [6, 6.07) is 17.8. The molecule has 4 aromatic rings. The molecular weight excluding hydrogens is 321 g/mol. The molecule has 0 spiro atoms. The van der Waals surface area contributed by atoms with Gasteiger partial charge in [-0.25, -0.2) is 23.7 Å². The highest BCUT2D eigenvalue weighted by atomic mass is 19.1. The molecule has 0 bridgehead atoms. The normalized spacial score (nSPS) is 10.9. The second kappa shape index (κ2) is 6.20. The Labute approximate surface area is 142 Å². The summed E-state index contributed by atoms with van der Waals surface area (Å²) in [5.41, 5.74) is 2.09. The average Bonchev–Trinajstić information content (AvgIpc) is 3.03. The van der Waals surface area contributed by atoms with E-state index in [9.17, 15) is 9.18 Å². The van der Waals surface area contributed by atoms with Gasteiger partial charge in [-0.2, -0.15) is 5.10 Å². The number of aromatic nitrogens is 4. The van der Waals surface area contributed by atoms with Crippen molar-refractivity contribution in [3.8, 4) is 11.3 Å². The van der Waals surface area contributed by atoms with Crippen molar-refractivity contribution in [2.45, 2.75) is 6.54 Å². The van der Waals surface area contributed by atoms with Crippen LogP contribution in [0.25, 0.3) is 16.9 Å². The molecule has 0 aliphatic heterocycles. The number of aromatic amines is 1. The van der Waals surface area contributed by atoms with Crippen LogP contribution in [0.4, 0.5) is 10.3 Å². The second-order valence-electron chi connectivity index (χ2n) is 5.50. The number of rotatable bonds is 4. The molecule has 0 saturated carbocycles. The predicted octanol–water partition coefficient (Wildman–Crippen LogP) is 2.84. The molecular formula is C18H14FN5O. The monoisotopic (exact) mass is 335 g/mol. The number of anilines is 1. The minimum Gasteiger partial charge on any atom is -0.351 e. The Balaban J connectivity index is 1.77. The summed E-state index contributed by atoms with van der Waals surface area (Å²) >= 11 is 0. The van der Waals surface area contributed by atoms with Crippen LogP contribution in [0, 0.1) is 5.82 Å². The van der Waals surface area contributed by atoms with Crippen LogP contribution in [0.1, 0.15) is 5.56 Å². The lowest BCUT2D eigenvalue weighted by Crippen LogP contribution is -2.16. The van der Waals surface area contributed by atoms with Crippen LogP contribution in [-0.2, 0) is 6.54 Å². The fraction of sp³-hybridized carbons (Fsp3) is 0.0556. The maximum Gasteiger partial charge on any atom is 0.350 e. The molecule has 2 aromatic heterocycles. The van der Waals surface area contributed by atoms with E-state index in [1.807, 2.05) is 30.3 Å². The summed E-state index contributed by atoms with van der Waals surface area (Å²) in [5.74, 6) is -0.0108. The summed E-state index contributed by atoms with van der Waals surface area (Å²) in [5, 5.41) is 9.45. The van der Waals surface area contributed by atoms with Crippen molar-refractivity contribution >= 4 is 11.6 Å². The molecule has 7 heteroatoms. The molecule has 2 aromatic carbocycles. The van der Waals surface area contributed by atoms with Gasteiger partial charge in [-0.1, -0.05) is 48.5 Å². The molecule has 0 aliphatic carbocycles. The lowest BCUT2D eigenvalue weighted by atomic mass is 10.1. The molecule has 2 heterocycles. The first-order valence-corrected chi connectivity index (χ1v) is 7.73. The number of halogens is 1. The minimum atomic E-state index is -0.404. The summed E-state index contributed by atoms with van der Waals surface area (Å²) < 4.78 is 15.1. The molecule has 0 aliphatic rings. The van der Waals surface area contributed by atoms with Crippen LogP contribution in [0.5, 0.6) is 0 Å². The van der Waals surface area contributed by atoms with Crippen molar-refractivity contribution in [2.24, 2.45) is 0 Å². The molecule has 25 heavy (non-hydrogen) atoms. The number of H-pyrrole nitrogens is 1. The molecule has 0 amide bonds. The Hall–Kier alpha value is -3.48. The van der Waals surface area contributed by atoms with E-state index >= 15 is 0 Å². The highest BCUT2D eigenvalue weighted by Crippen LogP contribution is 2.20. The van der Waals surface area contributed by atoms with Crippen molar-refractivity contribution < 1.29 is 4.39 Å². The maximum absolute atomic E-state index is 13.8. The lowest BCUT2D eigenvalue weighted by Gasteiger charge is -2.10. The summed E-state index contributed by atoms with van der Waals surface area (Å²) in [4.78, 5) is 16.5. The molecule has 0 radical (unpaired) electrons. The van der Waals surface area contributed by atoms with Crippen LogP contribution in [0.2, 0.25) is 0 Å². The van der Waals surface area contributed by atoms with Crippen LogP contribution >= 0.6 is 0 Å². The number of fused-ring (bicyclic) bond motifs is 1. The SMILES string of the molecule is O=c1[nH]nc2cc(-c3ccccc3)nc(NCc3ccccc3F)n12. The molecule has 6 nitrogen and oxygen atoms in total. The minimum absolute atomic E-state index is 0.199. The fourth-order valence-corrected chi connectivity index (χ4v) is 2.62. The first-order valence-electron chi connectivity index (χ1n) is 7.73.